The molecule has 0 aliphatic rings. The number of thioether (sulfide) groups is 1. The van der Waals surface area contributed by atoms with Crippen molar-refractivity contribution < 1.29 is 28.6 Å². The van der Waals surface area contributed by atoms with Crippen molar-refractivity contribution in [3.63, 3.8) is 0 Å². The molecule has 0 spiro atoms. The molecule has 0 saturated heterocycles. The fourth-order valence-electron chi connectivity index (χ4n) is 1.41. The second kappa shape index (κ2) is 10.3. The number of hydrogen-bond acceptors (Lipinski definition) is 7. The molecule has 0 amide bonds. The third-order valence-electron chi connectivity index (χ3n) is 2.34. The third kappa shape index (κ3) is 10.3. The van der Waals surface area contributed by atoms with Gasteiger partial charge in [-0.25, -0.2) is 4.79 Å². The lowest BCUT2D eigenvalue weighted by atomic mass is 10.2. The summed E-state index contributed by atoms with van der Waals surface area (Å²) in [6, 6.07) is 0. The minimum absolute atomic E-state index is 0.00486. The maximum absolute atomic E-state index is 11.6. The van der Waals surface area contributed by atoms with Crippen LogP contribution in [0.2, 0.25) is 0 Å². The summed E-state index contributed by atoms with van der Waals surface area (Å²) < 4.78 is 14.9. The molecule has 0 aliphatic heterocycles. The van der Waals surface area contributed by atoms with Gasteiger partial charge in [-0.2, -0.15) is 11.8 Å². The van der Waals surface area contributed by atoms with Crippen LogP contribution < -0.4 is 0 Å². The van der Waals surface area contributed by atoms with Crippen LogP contribution in [0.25, 0.3) is 0 Å². The number of rotatable bonds is 10. The zero-order valence-electron chi connectivity index (χ0n) is 13.6. The van der Waals surface area contributed by atoms with E-state index in [-0.39, 0.29) is 31.6 Å². The highest BCUT2D eigenvalue weighted by molar-refractivity contribution is 7.98. The van der Waals surface area contributed by atoms with Crippen LogP contribution >= 0.6 is 11.8 Å². The third-order valence-corrected chi connectivity index (χ3v) is 3.32. The van der Waals surface area contributed by atoms with Crippen molar-refractivity contribution in [2.45, 2.75) is 39.2 Å². The van der Waals surface area contributed by atoms with Gasteiger partial charge in [0.1, 0.15) is 18.8 Å². The van der Waals surface area contributed by atoms with Crippen molar-refractivity contribution in [2.24, 2.45) is 0 Å². The molecule has 0 aromatic carbocycles. The van der Waals surface area contributed by atoms with E-state index in [4.69, 9.17) is 14.2 Å². The second-order valence-corrected chi connectivity index (χ2v) is 6.17. The Morgan fingerprint density at radius 2 is 1.59 bits per heavy atom. The van der Waals surface area contributed by atoms with Crippen LogP contribution in [-0.2, 0) is 28.6 Å². The molecule has 0 aromatic rings. The van der Waals surface area contributed by atoms with E-state index in [1.54, 1.807) is 11.8 Å². The molecular weight excluding hydrogens is 308 g/mol. The standard InChI is InChI=1S/C15H24O6S/c1-11(2)14(18)20-9-6-12(16)19-8-7-13(17)21-15(3,4)10-22-5/h1,6-10H2,2-5H3. The van der Waals surface area contributed by atoms with Crippen LogP contribution in [0.3, 0.4) is 0 Å². The molecule has 0 aromatic heterocycles. The molecule has 6 nitrogen and oxygen atoms in total. The van der Waals surface area contributed by atoms with Crippen molar-refractivity contribution >= 4 is 29.7 Å². The molecule has 126 valence electrons. The molecule has 0 heterocycles. The fourth-order valence-corrected chi connectivity index (χ4v) is 2.16. The first-order valence-electron chi connectivity index (χ1n) is 6.87. The second-order valence-electron chi connectivity index (χ2n) is 5.30. The van der Waals surface area contributed by atoms with Crippen LogP contribution in [0.1, 0.15) is 33.6 Å². The first-order chi connectivity index (χ1) is 10.2. The molecule has 0 rings (SSSR count). The molecule has 22 heavy (non-hydrogen) atoms. The number of hydrogen-bond donors (Lipinski definition) is 0. The SMILES string of the molecule is C=C(C)C(=O)OCCC(=O)OCCC(=O)OC(C)(C)CSC. The van der Waals surface area contributed by atoms with Gasteiger partial charge >= 0.3 is 17.9 Å². The van der Waals surface area contributed by atoms with E-state index in [0.29, 0.717) is 5.75 Å². The first-order valence-corrected chi connectivity index (χ1v) is 8.26. The van der Waals surface area contributed by atoms with Gasteiger partial charge in [-0.05, 0) is 27.0 Å². The highest BCUT2D eigenvalue weighted by Crippen LogP contribution is 2.15. The molecule has 0 aliphatic carbocycles. The normalized spacial score (nSPS) is 10.7. The quantitative estimate of drug-likeness (QED) is 0.344. The molecule has 0 radical (unpaired) electrons. The Hall–Kier alpha value is -1.50. The van der Waals surface area contributed by atoms with Crippen molar-refractivity contribution in [1.82, 2.24) is 0 Å². The van der Waals surface area contributed by atoms with Crippen molar-refractivity contribution in [2.75, 3.05) is 25.2 Å². The summed E-state index contributed by atoms with van der Waals surface area (Å²) in [5.41, 5.74) is -0.277. The van der Waals surface area contributed by atoms with Crippen LogP contribution in [0.4, 0.5) is 0 Å². The molecule has 0 fully saturated rings. The highest BCUT2D eigenvalue weighted by Gasteiger charge is 2.22. The van der Waals surface area contributed by atoms with Gasteiger partial charge in [0, 0.05) is 11.3 Å². The van der Waals surface area contributed by atoms with E-state index in [1.165, 1.54) is 6.92 Å². The average molecular weight is 332 g/mol. The summed E-state index contributed by atoms with van der Waals surface area (Å²) in [6.07, 6.45) is 1.86. The number of carbonyl (C=O) groups is 3. The first kappa shape index (κ1) is 20.5. The van der Waals surface area contributed by atoms with Crippen LogP contribution in [-0.4, -0.2) is 48.7 Å². The maximum atomic E-state index is 11.6. The Kier molecular flexibility index (Phi) is 9.56. The number of carbonyl (C=O) groups excluding carboxylic acids is 3. The molecule has 0 atom stereocenters. The lowest BCUT2D eigenvalue weighted by Gasteiger charge is -2.24. The van der Waals surface area contributed by atoms with Crippen molar-refractivity contribution in [1.29, 1.82) is 0 Å². The van der Waals surface area contributed by atoms with Crippen LogP contribution in [0, 0.1) is 0 Å². The Labute approximate surface area is 135 Å². The van der Waals surface area contributed by atoms with E-state index in [0.717, 1.165) is 0 Å². The lowest BCUT2D eigenvalue weighted by molar-refractivity contribution is -0.157. The summed E-state index contributed by atoms with van der Waals surface area (Å²) in [6.45, 7) is 8.46. The minimum atomic E-state index is -0.549. The monoisotopic (exact) mass is 332 g/mol. The topological polar surface area (TPSA) is 78.9 Å². The van der Waals surface area contributed by atoms with Crippen molar-refractivity contribution in [3.8, 4) is 0 Å². The van der Waals surface area contributed by atoms with Gasteiger partial charge in [-0.15, -0.1) is 0 Å². The van der Waals surface area contributed by atoms with E-state index >= 15 is 0 Å². The smallest absolute Gasteiger partial charge is 0.333 e. The largest absolute Gasteiger partial charge is 0.465 e. The van der Waals surface area contributed by atoms with Gasteiger partial charge in [0.05, 0.1) is 12.8 Å². The molecule has 7 heteroatoms. The van der Waals surface area contributed by atoms with Crippen molar-refractivity contribution in [3.05, 3.63) is 12.2 Å². The fraction of sp³-hybridized carbons (Fsp3) is 0.667. The number of esters is 3. The zero-order chi connectivity index (χ0) is 17.2. The Balaban J connectivity index is 3.82. The lowest BCUT2D eigenvalue weighted by Crippen LogP contribution is -2.31. The highest BCUT2D eigenvalue weighted by atomic mass is 32.2. The van der Waals surface area contributed by atoms with E-state index in [1.807, 2.05) is 20.1 Å². The zero-order valence-corrected chi connectivity index (χ0v) is 14.4. The van der Waals surface area contributed by atoms with E-state index in [2.05, 4.69) is 6.58 Å². The molecular formula is C15H24O6S. The van der Waals surface area contributed by atoms with E-state index in [9.17, 15) is 14.4 Å². The average Bonchev–Trinajstić information content (AvgIpc) is 2.37. The molecule has 0 N–H and O–H groups in total. The van der Waals surface area contributed by atoms with Crippen LogP contribution in [0.15, 0.2) is 12.2 Å². The van der Waals surface area contributed by atoms with Gasteiger partial charge in [0.15, 0.2) is 0 Å². The van der Waals surface area contributed by atoms with Gasteiger partial charge in [-0.3, -0.25) is 9.59 Å². The Morgan fingerprint density at radius 1 is 1.05 bits per heavy atom. The molecule has 0 bridgehead atoms. The summed E-state index contributed by atoms with van der Waals surface area (Å²) in [5, 5.41) is 0. The number of ether oxygens (including phenoxy) is 3. The van der Waals surface area contributed by atoms with Gasteiger partial charge in [-0.1, -0.05) is 6.58 Å². The predicted molar refractivity (Wildman–Crippen MR) is 84.5 cm³/mol. The predicted octanol–water partition coefficient (Wildman–Crippen LogP) is 2.11. The van der Waals surface area contributed by atoms with Gasteiger partial charge < -0.3 is 14.2 Å². The van der Waals surface area contributed by atoms with E-state index < -0.39 is 23.5 Å². The van der Waals surface area contributed by atoms with Gasteiger partial charge in [0.25, 0.3) is 0 Å². The van der Waals surface area contributed by atoms with Gasteiger partial charge in [0.2, 0.25) is 0 Å². The summed E-state index contributed by atoms with van der Waals surface area (Å²) in [4.78, 5) is 34.0. The summed E-state index contributed by atoms with van der Waals surface area (Å²) >= 11 is 1.58. The summed E-state index contributed by atoms with van der Waals surface area (Å²) in [7, 11) is 0. The maximum Gasteiger partial charge on any atom is 0.333 e. The van der Waals surface area contributed by atoms with Crippen LogP contribution in [0.5, 0.6) is 0 Å². The molecule has 0 saturated carbocycles. The minimum Gasteiger partial charge on any atom is -0.465 e. The summed E-state index contributed by atoms with van der Waals surface area (Å²) in [5.74, 6) is -0.814. The Bertz CT molecular complexity index is 416. The Morgan fingerprint density at radius 3 is 2.14 bits per heavy atom. The molecule has 0 unspecified atom stereocenters.